The maximum absolute atomic E-state index is 12.4. The number of rotatable bonds is 2. The smallest absolute Gasteiger partial charge is 0.339 e. The van der Waals surface area contributed by atoms with Gasteiger partial charge in [0.25, 0.3) is 0 Å². The van der Waals surface area contributed by atoms with Gasteiger partial charge in [-0.1, -0.05) is 11.6 Å². The molecule has 0 aliphatic heterocycles. The molecule has 0 spiro atoms. The minimum atomic E-state index is -4.38. The third-order valence-electron chi connectivity index (χ3n) is 2.48. The first-order valence-corrected chi connectivity index (χ1v) is 5.78. The van der Waals surface area contributed by atoms with Crippen molar-refractivity contribution >= 4 is 23.1 Å². The lowest BCUT2D eigenvalue weighted by Crippen LogP contribution is -2.04. The van der Waals surface area contributed by atoms with Gasteiger partial charge in [0.2, 0.25) is 0 Å². The molecule has 0 atom stereocenters. The van der Waals surface area contributed by atoms with E-state index in [0.29, 0.717) is 5.69 Å². The van der Waals surface area contributed by atoms with E-state index in [-0.39, 0.29) is 16.4 Å². The average Bonchev–Trinajstić information content (AvgIpc) is 2.41. The second-order valence-electron chi connectivity index (χ2n) is 3.83. The predicted molar refractivity (Wildman–Crippen MR) is 68.7 cm³/mol. The van der Waals surface area contributed by atoms with Gasteiger partial charge in [-0.15, -0.1) is 0 Å². The van der Waals surface area contributed by atoms with E-state index in [1.807, 2.05) is 6.07 Å². The van der Waals surface area contributed by atoms with Crippen LogP contribution in [0.3, 0.4) is 0 Å². The van der Waals surface area contributed by atoms with Gasteiger partial charge in [-0.2, -0.15) is 18.4 Å². The molecule has 7 heteroatoms. The molecule has 0 saturated carbocycles. The SMILES string of the molecule is N#Cc1ccnc(Nc2ccc(C(F)(F)F)cc2)c1Cl. The molecule has 20 heavy (non-hydrogen) atoms. The van der Waals surface area contributed by atoms with Gasteiger partial charge in [0.1, 0.15) is 11.1 Å². The molecule has 0 aliphatic rings. The Hall–Kier alpha value is -2.26. The number of nitriles is 1. The van der Waals surface area contributed by atoms with Gasteiger partial charge >= 0.3 is 6.18 Å². The molecule has 1 aromatic carbocycles. The normalized spacial score (nSPS) is 10.9. The lowest BCUT2D eigenvalue weighted by Gasteiger charge is -2.10. The third kappa shape index (κ3) is 3.00. The highest BCUT2D eigenvalue weighted by atomic mass is 35.5. The molecule has 0 amide bonds. The lowest BCUT2D eigenvalue weighted by molar-refractivity contribution is -0.137. The zero-order valence-corrected chi connectivity index (χ0v) is 10.6. The van der Waals surface area contributed by atoms with Crippen LogP contribution >= 0.6 is 11.6 Å². The second kappa shape index (κ2) is 5.39. The highest BCUT2D eigenvalue weighted by Crippen LogP contribution is 2.31. The topological polar surface area (TPSA) is 48.7 Å². The van der Waals surface area contributed by atoms with Crippen molar-refractivity contribution < 1.29 is 13.2 Å². The molecule has 1 N–H and O–H groups in total. The molecule has 0 radical (unpaired) electrons. The van der Waals surface area contributed by atoms with Crippen LogP contribution < -0.4 is 5.32 Å². The van der Waals surface area contributed by atoms with Crippen LogP contribution in [0.25, 0.3) is 0 Å². The molecular weight excluding hydrogens is 291 g/mol. The lowest BCUT2D eigenvalue weighted by atomic mass is 10.2. The zero-order valence-electron chi connectivity index (χ0n) is 9.87. The molecule has 1 aromatic heterocycles. The van der Waals surface area contributed by atoms with E-state index >= 15 is 0 Å². The number of hydrogen-bond donors (Lipinski definition) is 1. The van der Waals surface area contributed by atoms with E-state index < -0.39 is 11.7 Å². The summed E-state index contributed by atoms with van der Waals surface area (Å²) in [6.07, 6.45) is -2.99. The van der Waals surface area contributed by atoms with E-state index in [4.69, 9.17) is 16.9 Å². The van der Waals surface area contributed by atoms with Gasteiger partial charge in [0.15, 0.2) is 5.82 Å². The number of aromatic nitrogens is 1. The summed E-state index contributed by atoms with van der Waals surface area (Å²) in [5.41, 5.74) is -0.119. The Balaban J connectivity index is 2.26. The van der Waals surface area contributed by atoms with Crippen molar-refractivity contribution in [2.75, 3.05) is 5.32 Å². The summed E-state index contributed by atoms with van der Waals surface area (Å²) in [7, 11) is 0. The van der Waals surface area contributed by atoms with Crippen LogP contribution in [0.1, 0.15) is 11.1 Å². The first kappa shape index (κ1) is 14.2. The number of nitrogens with zero attached hydrogens (tertiary/aromatic N) is 2. The van der Waals surface area contributed by atoms with Gasteiger partial charge in [0.05, 0.1) is 11.1 Å². The van der Waals surface area contributed by atoms with Crippen molar-refractivity contribution in [2.45, 2.75) is 6.18 Å². The summed E-state index contributed by atoms with van der Waals surface area (Å²) in [6.45, 7) is 0. The molecule has 2 rings (SSSR count). The van der Waals surface area contributed by atoms with Crippen LogP contribution in [-0.2, 0) is 6.18 Å². The average molecular weight is 298 g/mol. The molecule has 0 aliphatic carbocycles. The Kier molecular flexibility index (Phi) is 3.81. The molecular formula is C13H7ClF3N3. The molecule has 0 fully saturated rings. The molecule has 0 unspecified atom stereocenters. The van der Waals surface area contributed by atoms with Gasteiger partial charge in [-0.3, -0.25) is 0 Å². The quantitative estimate of drug-likeness (QED) is 0.895. The van der Waals surface area contributed by atoms with Crippen LogP contribution in [0.2, 0.25) is 5.02 Å². The fourth-order valence-corrected chi connectivity index (χ4v) is 1.70. The van der Waals surface area contributed by atoms with Crippen LogP contribution in [0.5, 0.6) is 0 Å². The first-order chi connectivity index (χ1) is 9.41. The zero-order chi connectivity index (χ0) is 14.8. The summed E-state index contributed by atoms with van der Waals surface area (Å²) >= 11 is 5.94. The minimum absolute atomic E-state index is 0.120. The van der Waals surface area contributed by atoms with Crippen LogP contribution in [0.4, 0.5) is 24.7 Å². The monoisotopic (exact) mass is 297 g/mol. The number of pyridine rings is 1. The van der Waals surface area contributed by atoms with Crippen molar-refractivity contribution in [3.63, 3.8) is 0 Å². The summed E-state index contributed by atoms with van der Waals surface area (Å²) in [5.74, 6) is 0.213. The van der Waals surface area contributed by atoms with Crippen molar-refractivity contribution in [1.29, 1.82) is 5.26 Å². The fraction of sp³-hybridized carbons (Fsp3) is 0.0769. The molecule has 3 nitrogen and oxygen atoms in total. The number of nitrogens with one attached hydrogen (secondary N) is 1. The Bertz CT molecular complexity index is 660. The maximum atomic E-state index is 12.4. The Morgan fingerprint density at radius 3 is 2.35 bits per heavy atom. The summed E-state index contributed by atoms with van der Waals surface area (Å²) in [4.78, 5) is 3.94. The van der Waals surface area contributed by atoms with Crippen LogP contribution in [-0.4, -0.2) is 4.98 Å². The molecule has 102 valence electrons. The van der Waals surface area contributed by atoms with Crippen molar-refractivity contribution in [3.8, 4) is 6.07 Å². The maximum Gasteiger partial charge on any atom is 0.416 e. The van der Waals surface area contributed by atoms with Crippen LogP contribution in [0, 0.1) is 11.3 Å². The minimum Gasteiger partial charge on any atom is -0.339 e. The molecule has 2 aromatic rings. The highest BCUT2D eigenvalue weighted by molar-refractivity contribution is 6.34. The van der Waals surface area contributed by atoms with E-state index in [9.17, 15) is 13.2 Å². The number of halogens is 4. The second-order valence-corrected chi connectivity index (χ2v) is 4.21. The third-order valence-corrected chi connectivity index (χ3v) is 2.87. The van der Waals surface area contributed by atoms with E-state index in [0.717, 1.165) is 12.1 Å². The van der Waals surface area contributed by atoms with Crippen molar-refractivity contribution in [3.05, 3.63) is 52.7 Å². The Morgan fingerprint density at radius 2 is 1.80 bits per heavy atom. The fourth-order valence-electron chi connectivity index (χ4n) is 1.50. The van der Waals surface area contributed by atoms with E-state index in [1.54, 1.807) is 0 Å². The number of anilines is 2. The predicted octanol–water partition coefficient (Wildman–Crippen LogP) is 4.37. The van der Waals surface area contributed by atoms with Gasteiger partial charge in [-0.05, 0) is 30.3 Å². The highest BCUT2D eigenvalue weighted by Gasteiger charge is 2.29. The molecule has 1 heterocycles. The Morgan fingerprint density at radius 1 is 1.15 bits per heavy atom. The summed E-state index contributed by atoms with van der Waals surface area (Å²) in [5, 5.41) is 11.7. The number of benzene rings is 1. The van der Waals surface area contributed by atoms with Gasteiger partial charge in [0, 0.05) is 11.9 Å². The number of hydrogen-bond acceptors (Lipinski definition) is 3. The van der Waals surface area contributed by atoms with Gasteiger partial charge in [-0.25, -0.2) is 4.98 Å². The first-order valence-electron chi connectivity index (χ1n) is 5.40. The Labute approximate surface area is 117 Å². The van der Waals surface area contributed by atoms with Crippen molar-refractivity contribution in [2.24, 2.45) is 0 Å². The summed E-state index contributed by atoms with van der Waals surface area (Å²) < 4.78 is 37.3. The largest absolute Gasteiger partial charge is 0.416 e. The standard InChI is InChI=1S/C13H7ClF3N3/c14-11-8(7-18)5-6-19-12(11)20-10-3-1-9(2-4-10)13(15,16)17/h1-6H,(H,19,20). The van der Waals surface area contributed by atoms with E-state index in [1.165, 1.54) is 24.4 Å². The van der Waals surface area contributed by atoms with Gasteiger partial charge < -0.3 is 5.32 Å². The summed E-state index contributed by atoms with van der Waals surface area (Å²) in [6, 6.07) is 7.76. The van der Waals surface area contributed by atoms with Crippen LogP contribution in [0.15, 0.2) is 36.5 Å². The molecule has 0 saturated heterocycles. The number of alkyl halides is 3. The van der Waals surface area contributed by atoms with Crippen molar-refractivity contribution in [1.82, 2.24) is 4.98 Å². The van der Waals surface area contributed by atoms with E-state index in [2.05, 4.69) is 10.3 Å². The molecule has 0 bridgehead atoms.